The Kier molecular flexibility index (Phi) is 5.28. The van der Waals surface area contributed by atoms with Crippen LogP contribution >= 0.6 is 0 Å². The molecule has 0 atom stereocenters. The van der Waals surface area contributed by atoms with E-state index in [-0.39, 0.29) is 12.3 Å². The first kappa shape index (κ1) is 12.4. The number of amides is 3. The fourth-order valence-electron chi connectivity index (χ4n) is 0.712. The molecule has 0 saturated heterocycles. The van der Waals surface area contributed by atoms with Gasteiger partial charge in [-0.15, -0.1) is 0 Å². The van der Waals surface area contributed by atoms with Crippen molar-refractivity contribution in [3.8, 4) is 0 Å². The molecule has 0 aliphatic heterocycles. The standard InChI is InChI=1S/C8H14N2O4/c1-5(2)3-7(12)14-4-6(11)10-8(9)13/h5H,3-4H2,1-2H3,(H3,9,10,11,13). The Hall–Kier alpha value is -1.59. The van der Waals surface area contributed by atoms with Gasteiger partial charge in [0.1, 0.15) is 0 Å². The van der Waals surface area contributed by atoms with E-state index in [0.29, 0.717) is 0 Å². The van der Waals surface area contributed by atoms with E-state index in [4.69, 9.17) is 0 Å². The van der Waals surface area contributed by atoms with Gasteiger partial charge in [0.15, 0.2) is 6.61 Å². The number of hydrogen-bond acceptors (Lipinski definition) is 4. The molecule has 0 heterocycles. The number of imide groups is 1. The van der Waals surface area contributed by atoms with E-state index in [1.165, 1.54) is 0 Å². The molecule has 3 amide bonds. The van der Waals surface area contributed by atoms with Crippen LogP contribution in [0.15, 0.2) is 0 Å². The normalized spacial score (nSPS) is 9.64. The number of carbonyl (C=O) groups is 3. The van der Waals surface area contributed by atoms with Crippen molar-refractivity contribution in [1.82, 2.24) is 5.32 Å². The van der Waals surface area contributed by atoms with Crippen LogP contribution in [-0.4, -0.2) is 24.5 Å². The van der Waals surface area contributed by atoms with Gasteiger partial charge < -0.3 is 10.5 Å². The summed E-state index contributed by atoms with van der Waals surface area (Å²) in [6.45, 7) is 3.23. The minimum atomic E-state index is -0.963. The van der Waals surface area contributed by atoms with Gasteiger partial charge in [0, 0.05) is 6.42 Å². The van der Waals surface area contributed by atoms with Crippen molar-refractivity contribution in [2.24, 2.45) is 11.7 Å². The maximum absolute atomic E-state index is 10.9. The third kappa shape index (κ3) is 7.08. The Morgan fingerprint density at radius 3 is 2.36 bits per heavy atom. The fraction of sp³-hybridized carbons (Fsp3) is 0.625. The lowest BCUT2D eigenvalue weighted by atomic mass is 10.1. The second kappa shape index (κ2) is 5.95. The van der Waals surface area contributed by atoms with E-state index >= 15 is 0 Å². The summed E-state index contributed by atoms with van der Waals surface area (Å²) in [5.74, 6) is -1.03. The van der Waals surface area contributed by atoms with Gasteiger partial charge in [-0.3, -0.25) is 14.9 Å². The molecule has 0 bridgehead atoms. The van der Waals surface area contributed by atoms with Gasteiger partial charge in [0.25, 0.3) is 5.91 Å². The molecule has 6 nitrogen and oxygen atoms in total. The highest BCUT2D eigenvalue weighted by atomic mass is 16.5. The molecule has 0 fully saturated rings. The molecule has 0 spiro atoms. The van der Waals surface area contributed by atoms with Gasteiger partial charge in [-0.05, 0) is 5.92 Å². The number of nitrogens with one attached hydrogen (secondary N) is 1. The van der Waals surface area contributed by atoms with Crippen LogP contribution in [-0.2, 0) is 14.3 Å². The first-order valence-corrected chi connectivity index (χ1v) is 4.16. The summed E-state index contributed by atoms with van der Waals surface area (Å²) in [7, 11) is 0. The summed E-state index contributed by atoms with van der Waals surface area (Å²) in [4.78, 5) is 31.9. The van der Waals surface area contributed by atoms with Gasteiger partial charge in [0.2, 0.25) is 0 Å². The third-order valence-electron chi connectivity index (χ3n) is 1.20. The van der Waals surface area contributed by atoms with E-state index in [9.17, 15) is 14.4 Å². The first-order valence-electron chi connectivity index (χ1n) is 4.16. The monoisotopic (exact) mass is 202 g/mol. The molecule has 0 radical (unpaired) electrons. The number of nitrogens with two attached hydrogens (primary N) is 1. The molecule has 0 aliphatic carbocycles. The SMILES string of the molecule is CC(C)CC(=O)OCC(=O)NC(N)=O. The number of primary amides is 1. The van der Waals surface area contributed by atoms with E-state index < -0.39 is 24.5 Å². The Bertz CT molecular complexity index is 237. The van der Waals surface area contributed by atoms with Crippen molar-refractivity contribution in [3.63, 3.8) is 0 Å². The van der Waals surface area contributed by atoms with Crippen LogP contribution in [0, 0.1) is 5.92 Å². The molecule has 0 aromatic carbocycles. The van der Waals surface area contributed by atoms with Crippen molar-refractivity contribution in [3.05, 3.63) is 0 Å². The number of ether oxygens (including phenoxy) is 1. The zero-order valence-electron chi connectivity index (χ0n) is 8.20. The van der Waals surface area contributed by atoms with Crippen LogP contribution in [0.3, 0.4) is 0 Å². The molecule has 0 rings (SSSR count). The predicted octanol–water partition coefficient (Wildman–Crippen LogP) is -0.229. The van der Waals surface area contributed by atoms with Crippen LogP contribution in [0.25, 0.3) is 0 Å². The van der Waals surface area contributed by atoms with E-state index in [2.05, 4.69) is 10.5 Å². The molecule has 0 unspecified atom stereocenters. The van der Waals surface area contributed by atoms with Crippen LogP contribution in [0.5, 0.6) is 0 Å². The van der Waals surface area contributed by atoms with E-state index in [1.54, 1.807) is 5.32 Å². The molecule has 6 heteroatoms. The zero-order chi connectivity index (χ0) is 11.1. The van der Waals surface area contributed by atoms with Crippen molar-refractivity contribution in [2.45, 2.75) is 20.3 Å². The predicted molar refractivity (Wildman–Crippen MR) is 48.1 cm³/mol. The molecule has 80 valence electrons. The van der Waals surface area contributed by atoms with Gasteiger partial charge in [-0.2, -0.15) is 0 Å². The van der Waals surface area contributed by atoms with Crippen molar-refractivity contribution < 1.29 is 19.1 Å². The number of carbonyl (C=O) groups excluding carboxylic acids is 3. The number of urea groups is 1. The van der Waals surface area contributed by atoms with Crippen molar-refractivity contribution >= 4 is 17.9 Å². The Labute approximate surface area is 81.8 Å². The fourth-order valence-corrected chi connectivity index (χ4v) is 0.712. The largest absolute Gasteiger partial charge is 0.456 e. The molecule has 0 aromatic heterocycles. The topological polar surface area (TPSA) is 98.5 Å². The van der Waals surface area contributed by atoms with Crippen LogP contribution in [0.2, 0.25) is 0 Å². The summed E-state index contributed by atoms with van der Waals surface area (Å²) in [6.07, 6.45) is 0.240. The molecular weight excluding hydrogens is 188 g/mol. The average Bonchev–Trinajstić information content (AvgIpc) is 1.98. The third-order valence-corrected chi connectivity index (χ3v) is 1.20. The summed E-state index contributed by atoms with van der Waals surface area (Å²) in [5.41, 5.74) is 4.67. The highest BCUT2D eigenvalue weighted by Crippen LogP contribution is 2.00. The smallest absolute Gasteiger partial charge is 0.318 e. The maximum Gasteiger partial charge on any atom is 0.318 e. The van der Waals surface area contributed by atoms with Gasteiger partial charge in [0.05, 0.1) is 0 Å². The zero-order valence-corrected chi connectivity index (χ0v) is 8.20. The first-order chi connectivity index (χ1) is 6.41. The number of rotatable bonds is 4. The van der Waals surface area contributed by atoms with Crippen molar-refractivity contribution in [1.29, 1.82) is 0 Å². The molecule has 3 N–H and O–H groups in total. The summed E-state index contributed by atoms with van der Waals surface area (Å²) < 4.78 is 4.56. The molecule has 0 aromatic rings. The van der Waals surface area contributed by atoms with Crippen LogP contribution in [0.1, 0.15) is 20.3 Å². The van der Waals surface area contributed by atoms with Gasteiger partial charge in [-0.25, -0.2) is 4.79 Å². The van der Waals surface area contributed by atoms with Crippen molar-refractivity contribution in [2.75, 3.05) is 6.61 Å². The number of esters is 1. The lowest BCUT2D eigenvalue weighted by Gasteiger charge is -2.05. The highest BCUT2D eigenvalue weighted by molar-refractivity contribution is 5.94. The molecule has 14 heavy (non-hydrogen) atoms. The quantitative estimate of drug-likeness (QED) is 0.615. The molecular formula is C8H14N2O4. The minimum absolute atomic E-state index is 0.168. The minimum Gasteiger partial charge on any atom is -0.456 e. The number of hydrogen-bond donors (Lipinski definition) is 2. The summed E-state index contributed by atoms with van der Waals surface area (Å²) in [6, 6.07) is -0.963. The van der Waals surface area contributed by atoms with Gasteiger partial charge in [-0.1, -0.05) is 13.8 Å². The summed E-state index contributed by atoms with van der Waals surface area (Å²) >= 11 is 0. The average molecular weight is 202 g/mol. The lowest BCUT2D eigenvalue weighted by Crippen LogP contribution is -2.37. The second-order valence-electron chi connectivity index (χ2n) is 3.17. The Balaban J connectivity index is 3.67. The highest BCUT2D eigenvalue weighted by Gasteiger charge is 2.09. The Morgan fingerprint density at radius 1 is 1.36 bits per heavy atom. The van der Waals surface area contributed by atoms with E-state index in [0.717, 1.165) is 0 Å². The lowest BCUT2D eigenvalue weighted by molar-refractivity contribution is -0.149. The second-order valence-corrected chi connectivity index (χ2v) is 3.17. The van der Waals surface area contributed by atoms with Gasteiger partial charge >= 0.3 is 12.0 Å². The van der Waals surface area contributed by atoms with Crippen LogP contribution < -0.4 is 11.1 Å². The molecule has 0 saturated carbocycles. The van der Waals surface area contributed by atoms with E-state index in [1.807, 2.05) is 13.8 Å². The Morgan fingerprint density at radius 2 is 1.93 bits per heavy atom. The maximum atomic E-state index is 10.9. The summed E-state index contributed by atoms with van der Waals surface area (Å²) in [5, 5.41) is 1.77. The van der Waals surface area contributed by atoms with Crippen LogP contribution in [0.4, 0.5) is 4.79 Å². The molecule has 0 aliphatic rings.